The minimum Gasteiger partial charge on any atom is -0.468 e. The molecule has 0 aliphatic rings. The van der Waals surface area contributed by atoms with Crippen molar-refractivity contribution >= 4 is 20.0 Å². The Morgan fingerprint density at radius 3 is 1.86 bits per heavy atom. The van der Waals surface area contributed by atoms with E-state index in [2.05, 4.69) is 11.3 Å². The Morgan fingerprint density at radius 2 is 1.59 bits per heavy atom. The maximum absolute atomic E-state index is 15.1. The largest absolute Gasteiger partial charge is 0.468 e. The summed E-state index contributed by atoms with van der Waals surface area (Å²) in [5.74, 6) is -2.58. The molecule has 0 rings (SSSR count). The van der Waals surface area contributed by atoms with Crippen LogP contribution in [0.3, 0.4) is 0 Å². The van der Waals surface area contributed by atoms with Gasteiger partial charge in [-0.2, -0.15) is 0 Å². The van der Waals surface area contributed by atoms with Crippen molar-refractivity contribution in [2.24, 2.45) is 5.41 Å². The fraction of sp³-hybridized carbons (Fsp3) is 0.733. The van der Waals surface area contributed by atoms with Crippen LogP contribution in [0.2, 0.25) is 19.6 Å². The molecule has 1 unspecified atom stereocenters. The van der Waals surface area contributed by atoms with Crippen molar-refractivity contribution in [3.8, 4) is 0 Å². The number of carbonyl (C=O) groups excluding carboxylic acids is 2. The number of ether oxygens (including phenoxy) is 2. The number of methoxy groups -OCH3 is 1. The molecule has 0 heterocycles. The van der Waals surface area contributed by atoms with E-state index >= 15 is 8.78 Å². The summed E-state index contributed by atoms with van der Waals surface area (Å²) in [7, 11) is -2.28. The van der Waals surface area contributed by atoms with E-state index in [1.807, 2.05) is 0 Å². The summed E-state index contributed by atoms with van der Waals surface area (Å²) < 4.78 is 39.9. The first kappa shape index (κ1) is 20.8. The van der Waals surface area contributed by atoms with Gasteiger partial charge in [-0.15, -0.1) is 6.58 Å². The Labute approximate surface area is 131 Å². The van der Waals surface area contributed by atoms with Crippen LogP contribution in [0.15, 0.2) is 12.7 Å². The molecular formula is C15H26F2O4Si. The predicted molar refractivity (Wildman–Crippen MR) is 83.4 cm³/mol. The Balaban J connectivity index is 6.33. The predicted octanol–water partition coefficient (Wildman–Crippen LogP) is 3.58. The third-order valence-electron chi connectivity index (χ3n) is 3.21. The van der Waals surface area contributed by atoms with Gasteiger partial charge in [-0.1, -0.05) is 25.7 Å². The monoisotopic (exact) mass is 336 g/mol. The zero-order chi connectivity index (χ0) is 18.0. The van der Waals surface area contributed by atoms with Crippen molar-refractivity contribution < 1.29 is 27.8 Å². The number of halogens is 2. The SMILES string of the molecule is C=CCC(C(=O)OC)(C(=O)OC(C)(C)C)C(F)(F)[Si](C)(C)C. The zero-order valence-electron chi connectivity index (χ0n) is 14.4. The molecule has 0 aliphatic heterocycles. The summed E-state index contributed by atoms with van der Waals surface area (Å²) >= 11 is 0. The lowest BCUT2D eigenvalue weighted by molar-refractivity contribution is -0.196. The van der Waals surface area contributed by atoms with Crippen molar-refractivity contribution in [2.45, 2.75) is 58.0 Å². The fourth-order valence-electron chi connectivity index (χ4n) is 2.03. The third-order valence-corrected chi connectivity index (χ3v) is 5.52. The van der Waals surface area contributed by atoms with E-state index in [0.29, 0.717) is 0 Å². The molecular weight excluding hydrogens is 310 g/mol. The topological polar surface area (TPSA) is 52.6 Å². The van der Waals surface area contributed by atoms with Crippen LogP contribution in [0.25, 0.3) is 0 Å². The summed E-state index contributed by atoms with van der Waals surface area (Å²) in [6.45, 7) is 12.2. The van der Waals surface area contributed by atoms with Crippen LogP contribution in [0.4, 0.5) is 8.78 Å². The molecule has 4 nitrogen and oxygen atoms in total. The second kappa shape index (κ2) is 6.48. The molecule has 0 aliphatic carbocycles. The summed E-state index contributed by atoms with van der Waals surface area (Å²) in [6.07, 6.45) is 0.570. The molecule has 0 saturated heterocycles. The van der Waals surface area contributed by atoms with Crippen LogP contribution in [0, 0.1) is 5.41 Å². The van der Waals surface area contributed by atoms with Crippen LogP contribution in [-0.4, -0.2) is 38.3 Å². The normalized spacial score (nSPS) is 15.7. The highest BCUT2D eigenvalue weighted by atomic mass is 28.3. The molecule has 0 fully saturated rings. The average Bonchev–Trinajstić information content (AvgIpc) is 2.30. The first-order valence-electron chi connectivity index (χ1n) is 6.98. The molecule has 0 spiro atoms. The molecule has 0 aromatic heterocycles. The lowest BCUT2D eigenvalue weighted by atomic mass is 9.84. The Bertz CT molecular complexity index is 449. The molecule has 1 atom stereocenters. The fourth-order valence-corrected chi connectivity index (χ4v) is 3.62. The van der Waals surface area contributed by atoms with Gasteiger partial charge >= 0.3 is 11.9 Å². The second-order valence-electron chi connectivity index (χ2n) is 7.22. The Hall–Kier alpha value is -1.24. The van der Waals surface area contributed by atoms with Crippen LogP contribution in [0.5, 0.6) is 0 Å². The first-order chi connectivity index (χ1) is 9.67. The highest BCUT2D eigenvalue weighted by Crippen LogP contribution is 2.48. The van der Waals surface area contributed by atoms with Crippen LogP contribution in [-0.2, 0) is 19.1 Å². The van der Waals surface area contributed by atoms with Crippen molar-refractivity contribution in [3.05, 3.63) is 12.7 Å². The zero-order valence-corrected chi connectivity index (χ0v) is 15.4. The molecule has 128 valence electrons. The Kier molecular flexibility index (Phi) is 6.11. The average molecular weight is 336 g/mol. The number of hydrogen-bond acceptors (Lipinski definition) is 4. The van der Waals surface area contributed by atoms with Crippen molar-refractivity contribution in [1.29, 1.82) is 0 Å². The number of esters is 2. The minimum atomic E-state index is -3.57. The van der Waals surface area contributed by atoms with Gasteiger partial charge in [0.15, 0.2) is 0 Å². The first-order valence-corrected chi connectivity index (χ1v) is 10.5. The number of rotatable bonds is 6. The van der Waals surface area contributed by atoms with E-state index in [0.717, 1.165) is 13.2 Å². The Morgan fingerprint density at radius 1 is 1.14 bits per heavy atom. The van der Waals surface area contributed by atoms with E-state index in [9.17, 15) is 9.59 Å². The molecule has 0 amide bonds. The van der Waals surface area contributed by atoms with Gasteiger partial charge in [-0.3, -0.25) is 9.59 Å². The molecule has 7 heteroatoms. The van der Waals surface area contributed by atoms with Gasteiger partial charge in [-0.05, 0) is 27.2 Å². The van der Waals surface area contributed by atoms with Crippen LogP contribution >= 0.6 is 0 Å². The lowest BCUT2D eigenvalue weighted by Crippen LogP contribution is -2.65. The van der Waals surface area contributed by atoms with E-state index in [-0.39, 0.29) is 0 Å². The number of alkyl halides is 2. The molecule has 0 aromatic carbocycles. The van der Waals surface area contributed by atoms with E-state index in [1.165, 1.54) is 19.6 Å². The molecule has 0 N–H and O–H groups in total. The quantitative estimate of drug-likeness (QED) is 0.322. The summed E-state index contributed by atoms with van der Waals surface area (Å²) in [5.41, 5.74) is -7.28. The maximum atomic E-state index is 15.1. The van der Waals surface area contributed by atoms with Gasteiger partial charge in [-0.25, -0.2) is 8.78 Å². The van der Waals surface area contributed by atoms with Crippen molar-refractivity contribution in [2.75, 3.05) is 7.11 Å². The van der Waals surface area contributed by atoms with E-state index in [1.54, 1.807) is 20.8 Å². The maximum Gasteiger partial charge on any atom is 0.330 e. The molecule has 0 saturated carbocycles. The molecule has 0 aromatic rings. The molecule has 22 heavy (non-hydrogen) atoms. The third kappa shape index (κ3) is 3.74. The summed E-state index contributed by atoms with van der Waals surface area (Å²) in [4.78, 5) is 24.8. The van der Waals surface area contributed by atoms with E-state index < -0.39 is 43.0 Å². The summed E-state index contributed by atoms with van der Waals surface area (Å²) in [5, 5.41) is 0. The smallest absolute Gasteiger partial charge is 0.330 e. The van der Waals surface area contributed by atoms with Gasteiger partial charge in [0.05, 0.1) is 7.11 Å². The van der Waals surface area contributed by atoms with Crippen LogP contribution < -0.4 is 0 Å². The highest BCUT2D eigenvalue weighted by molar-refractivity contribution is 6.79. The van der Waals surface area contributed by atoms with E-state index in [4.69, 9.17) is 4.74 Å². The summed E-state index contributed by atoms with van der Waals surface area (Å²) in [6, 6.07) is 0. The second-order valence-corrected chi connectivity index (χ2v) is 12.3. The highest BCUT2D eigenvalue weighted by Gasteiger charge is 2.70. The number of carbonyl (C=O) groups is 2. The lowest BCUT2D eigenvalue weighted by Gasteiger charge is -2.42. The molecule has 0 radical (unpaired) electrons. The van der Waals surface area contributed by atoms with Crippen molar-refractivity contribution in [3.63, 3.8) is 0 Å². The van der Waals surface area contributed by atoms with Crippen LogP contribution in [0.1, 0.15) is 27.2 Å². The van der Waals surface area contributed by atoms with Crippen molar-refractivity contribution in [1.82, 2.24) is 0 Å². The minimum absolute atomic E-state index is 0.550. The van der Waals surface area contributed by atoms with Gasteiger partial charge in [0.25, 0.3) is 5.55 Å². The van der Waals surface area contributed by atoms with Gasteiger partial charge in [0, 0.05) is 0 Å². The van der Waals surface area contributed by atoms with Gasteiger partial charge < -0.3 is 9.47 Å². The molecule has 0 bridgehead atoms. The number of allylic oxidation sites excluding steroid dienone is 1. The van der Waals surface area contributed by atoms with Gasteiger partial charge in [0.1, 0.15) is 13.7 Å². The standard InChI is InChI=1S/C15H26F2O4Si/c1-9-10-14(11(18)20-5,12(19)21-13(2,3)4)15(16,17)22(6,7)8/h9H,1,10H2,2-8H3. The number of hydrogen-bond donors (Lipinski definition) is 0. The van der Waals surface area contributed by atoms with Gasteiger partial charge in [0.2, 0.25) is 5.41 Å².